The molecule has 0 spiro atoms. The predicted molar refractivity (Wildman–Crippen MR) is 109 cm³/mol. The number of carbonyl (C=O) groups excluding carboxylic acids is 1. The van der Waals surface area contributed by atoms with E-state index in [0.717, 1.165) is 16.6 Å². The van der Waals surface area contributed by atoms with Gasteiger partial charge in [0.05, 0.1) is 11.9 Å². The number of hydrogen-bond acceptors (Lipinski definition) is 4. The standard InChI is InChI=1S/C19H22F2N2O3S2/c1-14(23(28(2,25)26)17-8-5-7-16(20)12-17)19(24)22-10-11-27-13-15-6-3-4-9-18(15)21/h3-9,12,14H,10-11,13H2,1-2H3,(H,22,24)/t14-/m1/s1. The summed E-state index contributed by atoms with van der Waals surface area (Å²) in [5.41, 5.74) is 0.667. The molecule has 28 heavy (non-hydrogen) atoms. The van der Waals surface area contributed by atoms with E-state index in [0.29, 0.717) is 23.6 Å². The van der Waals surface area contributed by atoms with Crippen molar-refractivity contribution in [2.24, 2.45) is 0 Å². The molecule has 1 N–H and O–H groups in total. The minimum absolute atomic E-state index is 0.0825. The molecule has 0 heterocycles. The Kier molecular flexibility index (Phi) is 7.82. The first kappa shape index (κ1) is 22.2. The summed E-state index contributed by atoms with van der Waals surface area (Å²) in [6, 6.07) is 10.5. The maximum absolute atomic E-state index is 13.6. The lowest BCUT2D eigenvalue weighted by molar-refractivity contribution is -0.121. The van der Waals surface area contributed by atoms with Crippen molar-refractivity contribution in [1.82, 2.24) is 5.32 Å². The number of carbonyl (C=O) groups is 1. The fourth-order valence-electron chi connectivity index (χ4n) is 2.61. The summed E-state index contributed by atoms with van der Waals surface area (Å²) < 4.78 is 52.2. The number of benzene rings is 2. The van der Waals surface area contributed by atoms with Gasteiger partial charge in [0.25, 0.3) is 0 Å². The Hall–Kier alpha value is -2.13. The summed E-state index contributed by atoms with van der Waals surface area (Å²) in [4.78, 5) is 12.4. The summed E-state index contributed by atoms with van der Waals surface area (Å²) in [6.45, 7) is 1.73. The summed E-state index contributed by atoms with van der Waals surface area (Å²) in [7, 11) is -3.80. The molecule has 0 aromatic heterocycles. The van der Waals surface area contributed by atoms with Gasteiger partial charge < -0.3 is 5.32 Å². The SMILES string of the molecule is C[C@H](C(=O)NCCSCc1ccccc1F)N(c1cccc(F)c1)S(C)(=O)=O. The largest absolute Gasteiger partial charge is 0.353 e. The van der Waals surface area contributed by atoms with Gasteiger partial charge in [-0.15, -0.1) is 0 Å². The van der Waals surface area contributed by atoms with E-state index in [1.807, 2.05) is 0 Å². The lowest BCUT2D eigenvalue weighted by atomic mass is 10.2. The van der Waals surface area contributed by atoms with Crippen LogP contribution in [0, 0.1) is 11.6 Å². The van der Waals surface area contributed by atoms with Gasteiger partial charge in [-0.1, -0.05) is 24.3 Å². The minimum atomic E-state index is -3.80. The fourth-order valence-corrected chi connectivity index (χ4v) is 4.63. The van der Waals surface area contributed by atoms with Crippen LogP contribution in [0.3, 0.4) is 0 Å². The minimum Gasteiger partial charge on any atom is -0.353 e. The van der Waals surface area contributed by atoms with Gasteiger partial charge in [0.15, 0.2) is 0 Å². The number of nitrogens with one attached hydrogen (secondary N) is 1. The van der Waals surface area contributed by atoms with E-state index in [9.17, 15) is 22.0 Å². The van der Waals surface area contributed by atoms with Crippen LogP contribution in [0.2, 0.25) is 0 Å². The zero-order chi connectivity index (χ0) is 20.7. The number of rotatable bonds is 9. The molecule has 2 aromatic carbocycles. The lowest BCUT2D eigenvalue weighted by Crippen LogP contribution is -2.48. The fraction of sp³-hybridized carbons (Fsp3) is 0.316. The molecule has 9 heteroatoms. The van der Waals surface area contributed by atoms with Gasteiger partial charge in [0, 0.05) is 18.1 Å². The third kappa shape index (κ3) is 6.20. The van der Waals surface area contributed by atoms with Crippen molar-refractivity contribution in [3.63, 3.8) is 0 Å². The third-order valence-corrected chi connectivity index (χ3v) is 6.16. The Labute approximate surface area is 168 Å². The van der Waals surface area contributed by atoms with Gasteiger partial charge in [-0.3, -0.25) is 9.10 Å². The summed E-state index contributed by atoms with van der Waals surface area (Å²) in [5.74, 6) is -0.362. The van der Waals surface area contributed by atoms with Crippen LogP contribution in [-0.4, -0.2) is 38.9 Å². The average molecular weight is 429 g/mol. The molecule has 0 fully saturated rings. The Morgan fingerprint density at radius 2 is 1.89 bits per heavy atom. The molecule has 0 aliphatic rings. The molecule has 152 valence electrons. The van der Waals surface area contributed by atoms with Crippen molar-refractivity contribution in [2.45, 2.75) is 18.7 Å². The summed E-state index contributed by atoms with van der Waals surface area (Å²) in [5, 5.41) is 2.67. The van der Waals surface area contributed by atoms with E-state index in [-0.39, 0.29) is 11.5 Å². The molecule has 0 saturated heterocycles. The Morgan fingerprint density at radius 3 is 2.54 bits per heavy atom. The van der Waals surface area contributed by atoms with Crippen LogP contribution in [0.1, 0.15) is 12.5 Å². The molecule has 1 atom stereocenters. The Morgan fingerprint density at radius 1 is 1.18 bits per heavy atom. The Bertz CT molecular complexity index is 923. The number of anilines is 1. The molecule has 0 bridgehead atoms. The highest BCUT2D eigenvalue weighted by Crippen LogP contribution is 2.21. The van der Waals surface area contributed by atoms with Crippen LogP contribution in [-0.2, 0) is 20.6 Å². The van der Waals surface area contributed by atoms with Crippen LogP contribution in [0.25, 0.3) is 0 Å². The van der Waals surface area contributed by atoms with Gasteiger partial charge in [-0.2, -0.15) is 11.8 Å². The first-order chi connectivity index (χ1) is 13.2. The van der Waals surface area contributed by atoms with Crippen molar-refractivity contribution in [1.29, 1.82) is 0 Å². The summed E-state index contributed by atoms with van der Waals surface area (Å²) >= 11 is 1.45. The number of sulfonamides is 1. The maximum Gasteiger partial charge on any atom is 0.243 e. The van der Waals surface area contributed by atoms with E-state index in [1.165, 1.54) is 43.0 Å². The van der Waals surface area contributed by atoms with Crippen LogP contribution < -0.4 is 9.62 Å². The second-order valence-electron chi connectivity index (χ2n) is 6.15. The quantitative estimate of drug-likeness (QED) is 0.623. The molecular weight excluding hydrogens is 406 g/mol. The van der Waals surface area contributed by atoms with Crippen molar-refractivity contribution >= 4 is 33.4 Å². The molecule has 0 saturated carbocycles. The molecule has 2 aromatic rings. The number of halogens is 2. The molecular formula is C19H22F2N2O3S2. The van der Waals surface area contributed by atoms with Crippen LogP contribution in [0.5, 0.6) is 0 Å². The van der Waals surface area contributed by atoms with Crippen molar-refractivity contribution in [2.75, 3.05) is 22.9 Å². The monoisotopic (exact) mass is 428 g/mol. The molecule has 0 unspecified atom stereocenters. The molecule has 0 aliphatic heterocycles. The van der Waals surface area contributed by atoms with E-state index in [1.54, 1.807) is 18.2 Å². The van der Waals surface area contributed by atoms with E-state index in [2.05, 4.69) is 5.32 Å². The molecule has 0 radical (unpaired) electrons. The first-order valence-corrected chi connectivity index (χ1v) is 11.5. The van der Waals surface area contributed by atoms with Gasteiger partial charge in [0.2, 0.25) is 15.9 Å². The number of nitrogens with zero attached hydrogens (tertiary/aromatic N) is 1. The highest BCUT2D eigenvalue weighted by Gasteiger charge is 2.29. The normalized spacial score (nSPS) is 12.4. The third-order valence-electron chi connectivity index (χ3n) is 3.91. The topological polar surface area (TPSA) is 66.5 Å². The highest BCUT2D eigenvalue weighted by molar-refractivity contribution is 7.98. The highest BCUT2D eigenvalue weighted by atomic mass is 32.2. The molecule has 2 rings (SSSR count). The van der Waals surface area contributed by atoms with Gasteiger partial charge in [-0.25, -0.2) is 17.2 Å². The zero-order valence-corrected chi connectivity index (χ0v) is 17.2. The maximum atomic E-state index is 13.6. The Balaban J connectivity index is 1.91. The molecule has 1 amide bonds. The van der Waals surface area contributed by atoms with Gasteiger partial charge in [-0.05, 0) is 36.8 Å². The van der Waals surface area contributed by atoms with Crippen LogP contribution >= 0.6 is 11.8 Å². The zero-order valence-electron chi connectivity index (χ0n) is 15.6. The van der Waals surface area contributed by atoms with E-state index < -0.39 is 27.8 Å². The number of amides is 1. The molecule has 0 aliphatic carbocycles. The second-order valence-corrected chi connectivity index (χ2v) is 9.11. The van der Waals surface area contributed by atoms with E-state index >= 15 is 0 Å². The van der Waals surface area contributed by atoms with Crippen molar-refractivity contribution < 1.29 is 22.0 Å². The first-order valence-electron chi connectivity index (χ1n) is 8.54. The number of thioether (sulfide) groups is 1. The molecule has 5 nitrogen and oxygen atoms in total. The van der Waals surface area contributed by atoms with Gasteiger partial charge in [0.1, 0.15) is 17.7 Å². The van der Waals surface area contributed by atoms with Crippen molar-refractivity contribution in [3.05, 3.63) is 65.7 Å². The predicted octanol–water partition coefficient (Wildman–Crippen LogP) is 3.17. The second kappa shape index (κ2) is 9.88. The van der Waals surface area contributed by atoms with Gasteiger partial charge >= 0.3 is 0 Å². The van der Waals surface area contributed by atoms with Crippen LogP contribution in [0.15, 0.2) is 48.5 Å². The lowest BCUT2D eigenvalue weighted by Gasteiger charge is -2.28. The van der Waals surface area contributed by atoms with Crippen molar-refractivity contribution in [3.8, 4) is 0 Å². The van der Waals surface area contributed by atoms with E-state index in [4.69, 9.17) is 0 Å². The average Bonchev–Trinajstić information content (AvgIpc) is 2.61. The summed E-state index contributed by atoms with van der Waals surface area (Å²) in [6.07, 6.45) is 0.964. The van der Waals surface area contributed by atoms with Crippen LogP contribution in [0.4, 0.5) is 14.5 Å². The number of hydrogen-bond donors (Lipinski definition) is 1. The smallest absolute Gasteiger partial charge is 0.243 e.